The third kappa shape index (κ3) is 2.22. The maximum Gasteiger partial charge on any atom is 0.136 e. The highest BCUT2D eigenvalue weighted by molar-refractivity contribution is 9.10. The topological polar surface area (TPSA) is 46.2 Å². The Morgan fingerprint density at radius 3 is 2.62 bits per heavy atom. The van der Waals surface area contributed by atoms with Gasteiger partial charge in [-0.2, -0.15) is 0 Å². The summed E-state index contributed by atoms with van der Waals surface area (Å²) in [7, 11) is 0. The van der Waals surface area contributed by atoms with Crippen LogP contribution in [0.5, 0.6) is 5.75 Å². The first kappa shape index (κ1) is 12.2. The van der Waals surface area contributed by atoms with Crippen molar-refractivity contribution in [3.8, 4) is 5.75 Å². The molecule has 2 nitrogen and oxygen atoms in total. The average molecular weight is 305 g/mol. The standard InChI is InChI=1S/C12H15BrClNO/c13-8-5-6-9(14)10(12(8)16)11(15)7-3-1-2-4-7/h5-7,11,16H,1-4,15H2/t11-/m0/s1. The Bertz CT molecular complexity index is 391. The number of halogens is 2. The number of hydrogen-bond donors (Lipinski definition) is 2. The third-order valence-corrected chi connectivity index (χ3v) is 4.33. The second-order valence-electron chi connectivity index (χ2n) is 4.36. The Hall–Kier alpha value is -0.250. The van der Waals surface area contributed by atoms with E-state index in [9.17, 15) is 5.11 Å². The van der Waals surface area contributed by atoms with E-state index in [2.05, 4.69) is 15.9 Å². The molecule has 2 rings (SSSR count). The van der Waals surface area contributed by atoms with Gasteiger partial charge >= 0.3 is 0 Å². The Morgan fingerprint density at radius 1 is 1.38 bits per heavy atom. The van der Waals surface area contributed by atoms with Crippen LogP contribution in [0.4, 0.5) is 0 Å². The molecule has 0 radical (unpaired) electrons. The summed E-state index contributed by atoms with van der Waals surface area (Å²) < 4.78 is 0.653. The zero-order valence-electron chi connectivity index (χ0n) is 8.92. The van der Waals surface area contributed by atoms with Gasteiger partial charge in [-0.05, 0) is 46.8 Å². The minimum Gasteiger partial charge on any atom is -0.506 e. The Balaban J connectivity index is 2.34. The van der Waals surface area contributed by atoms with E-state index in [1.165, 1.54) is 12.8 Å². The van der Waals surface area contributed by atoms with Crippen molar-refractivity contribution in [3.63, 3.8) is 0 Å². The monoisotopic (exact) mass is 303 g/mol. The molecule has 1 atom stereocenters. The number of phenols is 1. The molecular weight excluding hydrogens is 289 g/mol. The van der Waals surface area contributed by atoms with Crippen molar-refractivity contribution in [2.75, 3.05) is 0 Å². The Kier molecular flexibility index (Phi) is 3.77. The van der Waals surface area contributed by atoms with Crippen molar-refractivity contribution in [3.05, 3.63) is 27.2 Å². The quantitative estimate of drug-likeness (QED) is 0.867. The van der Waals surface area contributed by atoms with Crippen molar-refractivity contribution in [1.82, 2.24) is 0 Å². The summed E-state index contributed by atoms with van der Waals surface area (Å²) in [6.45, 7) is 0. The fourth-order valence-corrected chi connectivity index (χ4v) is 3.05. The van der Waals surface area contributed by atoms with Gasteiger partial charge < -0.3 is 10.8 Å². The lowest BCUT2D eigenvalue weighted by Gasteiger charge is -2.21. The minimum atomic E-state index is -0.160. The van der Waals surface area contributed by atoms with Crippen molar-refractivity contribution < 1.29 is 5.11 Å². The van der Waals surface area contributed by atoms with Crippen LogP contribution in [-0.2, 0) is 0 Å². The second-order valence-corrected chi connectivity index (χ2v) is 5.62. The lowest BCUT2D eigenvalue weighted by atomic mass is 9.92. The molecular formula is C12H15BrClNO. The first-order chi connectivity index (χ1) is 7.61. The normalized spacial score (nSPS) is 18.9. The van der Waals surface area contributed by atoms with Crippen molar-refractivity contribution in [1.29, 1.82) is 0 Å². The highest BCUT2D eigenvalue weighted by Crippen LogP contribution is 2.42. The smallest absolute Gasteiger partial charge is 0.136 e. The highest BCUT2D eigenvalue weighted by Gasteiger charge is 2.27. The lowest BCUT2D eigenvalue weighted by molar-refractivity contribution is 0.411. The molecule has 1 saturated carbocycles. The number of rotatable bonds is 2. The summed E-state index contributed by atoms with van der Waals surface area (Å²) in [6, 6.07) is 3.35. The largest absolute Gasteiger partial charge is 0.506 e. The van der Waals surface area contributed by atoms with E-state index >= 15 is 0 Å². The molecule has 1 aromatic carbocycles. The molecule has 0 aromatic heterocycles. The molecule has 1 fully saturated rings. The molecule has 0 saturated heterocycles. The number of phenolic OH excluding ortho intramolecular Hbond substituents is 1. The van der Waals surface area contributed by atoms with Crippen LogP contribution >= 0.6 is 27.5 Å². The zero-order valence-corrected chi connectivity index (χ0v) is 11.3. The molecule has 4 heteroatoms. The zero-order chi connectivity index (χ0) is 11.7. The molecule has 88 valence electrons. The first-order valence-corrected chi connectivity index (χ1v) is 6.71. The summed E-state index contributed by atoms with van der Waals surface area (Å²) >= 11 is 9.41. The van der Waals surface area contributed by atoms with Crippen LogP contribution in [0.15, 0.2) is 16.6 Å². The molecule has 3 N–H and O–H groups in total. The van der Waals surface area contributed by atoms with E-state index in [1.54, 1.807) is 12.1 Å². The van der Waals surface area contributed by atoms with Crippen LogP contribution < -0.4 is 5.73 Å². The van der Waals surface area contributed by atoms with Gasteiger partial charge in [0.05, 0.1) is 4.47 Å². The molecule has 0 aliphatic heterocycles. The predicted octanol–water partition coefficient (Wildman–Crippen LogP) is 4.00. The van der Waals surface area contributed by atoms with Crippen LogP contribution in [0.2, 0.25) is 5.02 Å². The molecule has 1 aliphatic rings. The summed E-state index contributed by atoms with van der Waals surface area (Å²) in [6.07, 6.45) is 4.71. The van der Waals surface area contributed by atoms with Crippen LogP contribution in [0.3, 0.4) is 0 Å². The van der Waals surface area contributed by atoms with E-state index in [0.29, 0.717) is 21.0 Å². The molecule has 0 amide bonds. The number of benzene rings is 1. The van der Waals surface area contributed by atoms with E-state index in [1.807, 2.05) is 0 Å². The van der Waals surface area contributed by atoms with Crippen LogP contribution in [0, 0.1) is 5.92 Å². The van der Waals surface area contributed by atoms with E-state index in [-0.39, 0.29) is 11.8 Å². The third-order valence-electron chi connectivity index (χ3n) is 3.36. The van der Waals surface area contributed by atoms with Gasteiger partial charge in [0, 0.05) is 16.6 Å². The summed E-state index contributed by atoms with van der Waals surface area (Å²) in [5.41, 5.74) is 6.89. The van der Waals surface area contributed by atoms with Gasteiger partial charge in [0.2, 0.25) is 0 Å². The van der Waals surface area contributed by atoms with E-state index in [0.717, 1.165) is 12.8 Å². The molecule has 1 aromatic rings. The van der Waals surface area contributed by atoms with Crippen molar-refractivity contribution >= 4 is 27.5 Å². The van der Waals surface area contributed by atoms with Crippen LogP contribution in [0.25, 0.3) is 0 Å². The molecule has 1 aliphatic carbocycles. The van der Waals surface area contributed by atoms with Gasteiger partial charge in [-0.25, -0.2) is 0 Å². The summed E-state index contributed by atoms with van der Waals surface area (Å²) in [4.78, 5) is 0. The summed E-state index contributed by atoms with van der Waals surface area (Å²) in [5, 5.41) is 10.6. The van der Waals surface area contributed by atoms with Gasteiger partial charge in [-0.15, -0.1) is 0 Å². The number of aromatic hydroxyl groups is 1. The average Bonchev–Trinajstić information content (AvgIpc) is 2.77. The fraction of sp³-hybridized carbons (Fsp3) is 0.500. The Morgan fingerprint density at radius 2 is 2.00 bits per heavy atom. The SMILES string of the molecule is N[C@H](c1c(Cl)ccc(Br)c1O)C1CCCC1. The number of hydrogen-bond acceptors (Lipinski definition) is 2. The maximum atomic E-state index is 10.00. The second kappa shape index (κ2) is 4.94. The molecule has 0 unspecified atom stereocenters. The van der Waals surface area contributed by atoms with E-state index in [4.69, 9.17) is 17.3 Å². The van der Waals surface area contributed by atoms with Gasteiger partial charge in [-0.1, -0.05) is 24.4 Å². The summed E-state index contributed by atoms with van der Waals surface area (Å²) in [5.74, 6) is 0.629. The van der Waals surface area contributed by atoms with E-state index < -0.39 is 0 Å². The molecule has 0 heterocycles. The Labute approximate surface area is 109 Å². The van der Waals surface area contributed by atoms with Crippen molar-refractivity contribution in [2.24, 2.45) is 11.7 Å². The van der Waals surface area contributed by atoms with Gasteiger partial charge in [-0.3, -0.25) is 0 Å². The molecule has 0 spiro atoms. The highest BCUT2D eigenvalue weighted by atomic mass is 79.9. The minimum absolute atomic E-state index is 0.160. The van der Waals surface area contributed by atoms with Crippen LogP contribution in [0.1, 0.15) is 37.3 Å². The number of nitrogens with two attached hydrogens (primary N) is 1. The van der Waals surface area contributed by atoms with Crippen LogP contribution in [-0.4, -0.2) is 5.11 Å². The molecule has 0 bridgehead atoms. The lowest BCUT2D eigenvalue weighted by Crippen LogP contribution is -2.19. The van der Waals surface area contributed by atoms with Gasteiger partial charge in [0.15, 0.2) is 0 Å². The molecule has 16 heavy (non-hydrogen) atoms. The van der Waals surface area contributed by atoms with Gasteiger partial charge in [0.1, 0.15) is 5.75 Å². The van der Waals surface area contributed by atoms with Crippen molar-refractivity contribution in [2.45, 2.75) is 31.7 Å². The van der Waals surface area contributed by atoms with Gasteiger partial charge in [0.25, 0.3) is 0 Å². The first-order valence-electron chi connectivity index (χ1n) is 5.53. The fourth-order valence-electron chi connectivity index (χ4n) is 2.43. The predicted molar refractivity (Wildman–Crippen MR) is 69.7 cm³/mol. The maximum absolute atomic E-state index is 10.00.